The third-order valence-electron chi connectivity index (χ3n) is 4.36. The number of ether oxygens (including phenoxy) is 3. The van der Waals surface area contributed by atoms with E-state index in [0.29, 0.717) is 25.8 Å². The normalized spacial score (nSPS) is 16.5. The molecular formula is C17H24F2N2O4. The number of nitrogens with one attached hydrogen (secondary N) is 2. The second-order valence-corrected chi connectivity index (χ2v) is 5.82. The van der Waals surface area contributed by atoms with Gasteiger partial charge in [0.25, 0.3) is 5.91 Å². The molecule has 6 nitrogen and oxygen atoms in total. The van der Waals surface area contributed by atoms with Gasteiger partial charge in [-0.25, -0.2) is 0 Å². The topological polar surface area (TPSA) is 68.8 Å². The maximum atomic E-state index is 12.5. The van der Waals surface area contributed by atoms with Crippen molar-refractivity contribution in [1.82, 2.24) is 10.6 Å². The SMILES string of the molecule is COc1ccc(CCNC(=O)C2(OC)CCNCC2)cc1OC(F)F. The molecule has 0 saturated carbocycles. The summed E-state index contributed by atoms with van der Waals surface area (Å²) in [5.74, 6) is 0.0724. The number of carbonyl (C=O) groups is 1. The zero-order valence-corrected chi connectivity index (χ0v) is 14.4. The molecule has 1 aliphatic heterocycles. The minimum atomic E-state index is -2.93. The zero-order chi connectivity index (χ0) is 18.3. The van der Waals surface area contributed by atoms with Crippen molar-refractivity contribution in [3.63, 3.8) is 0 Å². The number of benzene rings is 1. The third kappa shape index (κ3) is 5.02. The highest BCUT2D eigenvalue weighted by Crippen LogP contribution is 2.29. The Morgan fingerprint density at radius 2 is 2.00 bits per heavy atom. The zero-order valence-electron chi connectivity index (χ0n) is 14.4. The van der Waals surface area contributed by atoms with E-state index < -0.39 is 12.2 Å². The Morgan fingerprint density at radius 3 is 2.60 bits per heavy atom. The summed E-state index contributed by atoms with van der Waals surface area (Å²) in [6.45, 7) is -1.09. The lowest BCUT2D eigenvalue weighted by Crippen LogP contribution is -2.54. The Balaban J connectivity index is 1.93. The quantitative estimate of drug-likeness (QED) is 0.741. The molecule has 0 bridgehead atoms. The molecule has 2 rings (SSSR count). The van der Waals surface area contributed by atoms with Gasteiger partial charge in [-0.3, -0.25) is 4.79 Å². The molecule has 0 spiro atoms. The molecule has 1 saturated heterocycles. The number of alkyl halides is 2. The fourth-order valence-electron chi connectivity index (χ4n) is 2.90. The van der Waals surface area contributed by atoms with Crippen LogP contribution < -0.4 is 20.1 Å². The molecular weight excluding hydrogens is 334 g/mol. The average Bonchev–Trinajstić information content (AvgIpc) is 2.62. The number of rotatable bonds is 8. The van der Waals surface area contributed by atoms with E-state index in [-0.39, 0.29) is 17.4 Å². The lowest BCUT2D eigenvalue weighted by Gasteiger charge is -2.34. The minimum Gasteiger partial charge on any atom is -0.493 e. The van der Waals surface area contributed by atoms with Crippen LogP contribution in [0, 0.1) is 0 Å². The van der Waals surface area contributed by atoms with Crippen LogP contribution in [0.2, 0.25) is 0 Å². The van der Waals surface area contributed by atoms with Crippen LogP contribution in [0.5, 0.6) is 11.5 Å². The Labute approximate surface area is 145 Å². The predicted octanol–water partition coefficient (Wildman–Crippen LogP) is 1.72. The van der Waals surface area contributed by atoms with Gasteiger partial charge in [0.05, 0.1) is 7.11 Å². The van der Waals surface area contributed by atoms with E-state index in [0.717, 1.165) is 18.7 Å². The Hall–Kier alpha value is -1.93. The molecule has 0 aliphatic carbocycles. The molecule has 1 fully saturated rings. The van der Waals surface area contributed by atoms with Crippen LogP contribution in [0.1, 0.15) is 18.4 Å². The van der Waals surface area contributed by atoms with Crippen LogP contribution >= 0.6 is 0 Å². The van der Waals surface area contributed by atoms with Crippen LogP contribution in [0.25, 0.3) is 0 Å². The van der Waals surface area contributed by atoms with Crippen LogP contribution in [0.4, 0.5) is 8.78 Å². The first-order valence-corrected chi connectivity index (χ1v) is 8.16. The molecule has 1 amide bonds. The number of halogens is 2. The molecule has 25 heavy (non-hydrogen) atoms. The van der Waals surface area contributed by atoms with Crippen molar-refractivity contribution >= 4 is 5.91 Å². The smallest absolute Gasteiger partial charge is 0.387 e. The highest BCUT2D eigenvalue weighted by Gasteiger charge is 2.39. The van der Waals surface area contributed by atoms with Crippen molar-refractivity contribution < 1.29 is 27.8 Å². The van der Waals surface area contributed by atoms with Crippen LogP contribution in [0.3, 0.4) is 0 Å². The van der Waals surface area contributed by atoms with Gasteiger partial charge in [-0.15, -0.1) is 0 Å². The summed E-state index contributed by atoms with van der Waals surface area (Å²) in [6.07, 6.45) is 1.71. The fraction of sp³-hybridized carbons (Fsp3) is 0.588. The van der Waals surface area contributed by atoms with Crippen molar-refractivity contribution in [3.8, 4) is 11.5 Å². The molecule has 0 radical (unpaired) electrons. The van der Waals surface area contributed by atoms with Gasteiger partial charge in [0.1, 0.15) is 5.60 Å². The van der Waals surface area contributed by atoms with Crippen molar-refractivity contribution in [2.75, 3.05) is 33.9 Å². The Kier molecular flexibility index (Phi) is 6.95. The molecule has 1 heterocycles. The van der Waals surface area contributed by atoms with Crippen molar-refractivity contribution in [1.29, 1.82) is 0 Å². The first kappa shape index (κ1) is 19.4. The van der Waals surface area contributed by atoms with Crippen LogP contribution in [-0.2, 0) is 16.0 Å². The van der Waals surface area contributed by atoms with Gasteiger partial charge in [-0.1, -0.05) is 6.07 Å². The highest BCUT2D eigenvalue weighted by molar-refractivity contribution is 5.85. The molecule has 1 aliphatic rings. The van der Waals surface area contributed by atoms with Gasteiger partial charge >= 0.3 is 6.61 Å². The summed E-state index contributed by atoms with van der Waals surface area (Å²) in [4.78, 5) is 12.4. The average molecular weight is 358 g/mol. The molecule has 2 N–H and O–H groups in total. The lowest BCUT2D eigenvalue weighted by molar-refractivity contribution is -0.146. The lowest BCUT2D eigenvalue weighted by atomic mass is 9.91. The monoisotopic (exact) mass is 358 g/mol. The standard InChI is InChI=1S/C17H24F2N2O4/c1-23-13-4-3-12(11-14(13)25-16(18)19)5-8-21-15(22)17(24-2)6-9-20-10-7-17/h3-4,11,16,20H,5-10H2,1-2H3,(H,21,22). The largest absolute Gasteiger partial charge is 0.493 e. The van der Waals surface area contributed by atoms with Crippen molar-refractivity contribution in [2.45, 2.75) is 31.5 Å². The molecule has 0 aromatic heterocycles. The summed E-state index contributed by atoms with van der Waals surface area (Å²) in [7, 11) is 2.93. The van der Waals surface area contributed by atoms with E-state index in [9.17, 15) is 13.6 Å². The van der Waals surface area contributed by atoms with E-state index in [1.807, 2.05) is 0 Å². The summed E-state index contributed by atoms with van der Waals surface area (Å²) < 4.78 is 39.8. The molecule has 1 aromatic rings. The molecule has 0 atom stereocenters. The van der Waals surface area contributed by atoms with Crippen molar-refractivity contribution in [2.24, 2.45) is 0 Å². The number of amides is 1. The second-order valence-electron chi connectivity index (χ2n) is 5.82. The maximum absolute atomic E-state index is 12.5. The van der Waals surface area contributed by atoms with E-state index in [4.69, 9.17) is 9.47 Å². The summed E-state index contributed by atoms with van der Waals surface area (Å²) in [5.41, 5.74) is -0.0386. The number of carbonyl (C=O) groups excluding carboxylic acids is 1. The first-order chi connectivity index (χ1) is 12.0. The fourth-order valence-corrected chi connectivity index (χ4v) is 2.90. The van der Waals surface area contributed by atoms with Gasteiger partial charge in [-0.2, -0.15) is 8.78 Å². The third-order valence-corrected chi connectivity index (χ3v) is 4.36. The summed E-state index contributed by atoms with van der Waals surface area (Å²) in [6, 6.07) is 4.81. The molecule has 140 valence electrons. The molecule has 0 unspecified atom stereocenters. The number of methoxy groups -OCH3 is 2. The number of hydrogen-bond acceptors (Lipinski definition) is 5. The van der Waals surface area contributed by atoms with Gasteiger partial charge in [0.2, 0.25) is 0 Å². The van der Waals surface area contributed by atoms with Gasteiger partial charge in [0, 0.05) is 13.7 Å². The van der Waals surface area contributed by atoms with Crippen molar-refractivity contribution in [3.05, 3.63) is 23.8 Å². The second kappa shape index (κ2) is 8.96. The van der Waals surface area contributed by atoms with E-state index in [1.165, 1.54) is 13.2 Å². The molecule has 8 heteroatoms. The summed E-state index contributed by atoms with van der Waals surface area (Å²) in [5, 5.41) is 6.07. The van der Waals surface area contributed by atoms with Gasteiger partial charge in [0.15, 0.2) is 11.5 Å². The van der Waals surface area contributed by atoms with E-state index in [2.05, 4.69) is 15.4 Å². The minimum absolute atomic E-state index is 0.0203. The number of hydrogen-bond donors (Lipinski definition) is 2. The van der Waals surface area contributed by atoms with Crippen LogP contribution in [0.15, 0.2) is 18.2 Å². The predicted molar refractivity (Wildman–Crippen MR) is 88.2 cm³/mol. The Morgan fingerprint density at radius 1 is 1.28 bits per heavy atom. The van der Waals surface area contributed by atoms with E-state index in [1.54, 1.807) is 19.2 Å². The van der Waals surface area contributed by atoms with Crippen LogP contribution in [-0.4, -0.2) is 52.0 Å². The molecule has 1 aromatic carbocycles. The number of piperidine rings is 1. The Bertz CT molecular complexity index is 578. The van der Waals surface area contributed by atoms with Gasteiger partial charge in [-0.05, 0) is 50.0 Å². The highest BCUT2D eigenvalue weighted by atomic mass is 19.3. The van der Waals surface area contributed by atoms with Gasteiger partial charge < -0.3 is 24.8 Å². The first-order valence-electron chi connectivity index (χ1n) is 8.16. The van der Waals surface area contributed by atoms with E-state index >= 15 is 0 Å². The summed E-state index contributed by atoms with van der Waals surface area (Å²) >= 11 is 0. The maximum Gasteiger partial charge on any atom is 0.387 e.